The van der Waals surface area contributed by atoms with E-state index in [9.17, 15) is 9.59 Å². The Labute approximate surface area is 155 Å². The largest absolute Gasteiger partial charge is 0.300 e. The highest BCUT2D eigenvalue weighted by molar-refractivity contribution is 6.09. The van der Waals surface area contributed by atoms with E-state index >= 15 is 0 Å². The smallest absolute Gasteiger partial charge is 0.253 e. The van der Waals surface area contributed by atoms with Crippen molar-refractivity contribution in [3.8, 4) is 0 Å². The number of nitrogens with zero attached hydrogens (tertiary/aromatic N) is 1. The number of Topliss-reactive ketones (excluding diaryl/α,β-unsaturated/α-hetero) is 1. The standard InChI is InChI=1S/C22H26N2O2/c1-6-17(25)12-19-18-11-14(3)10-16(5)21(18)24(22(19)26)23-20-8-7-13(2)9-15(20)4/h7-11,19,23H,6,12H2,1-5H3. The fourth-order valence-electron chi connectivity index (χ4n) is 3.70. The number of nitrogens with one attached hydrogen (secondary N) is 1. The number of hydrazine groups is 1. The lowest BCUT2D eigenvalue weighted by Crippen LogP contribution is -2.35. The van der Waals surface area contributed by atoms with E-state index in [1.165, 1.54) is 5.56 Å². The predicted octanol–water partition coefficient (Wildman–Crippen LogP) is 4.75. The summed E-state index contributed by atoms with van der Waals surface area (Å²) >= 11 is 0. The van der Waals surface area contributed by atoms with E-state index in [0.29, 0.717) is 6.42 Å². The van der Waals surface area contributed by atoms with Crippen molar-refractivity contribution >= 4 is 23.1 Å². The molecule has 26 heavy (non-hydrogen) atoms. The summed E-state index contributed by atoms with van der Waals surface area (Å²) in [6, 6.07) is 10.2. The van der Waals surface area contributed by atoms with Crippen molar-refractivity contribution in [1.82, 2.24) is 0 Å². The van der Waals surface area contributed by atoms with Gasteiger partial charge in [0.1, 0.15) is 5.78 Å². The molecular weight excluding hydrogens is 324 g/mol. The molecule has 1 amide bonds. The molecule has 0 aromatic heterocycles. The van der Waals surface area contributed by atoms with Gasteiger partial charge < -0.3 is 0 Å². The van der Waals surface area contributed by atoms with Crippen molar-refractivity contribution in [2.75, 3.05) is 10.4 Å². The third-order valence-corrected chi connectivity index (χ3v) is 5.03. The van der Waals surface area contributed by atoms with Crippen LogP contribution >= 0.6 is 0 Å². The fraction of sp³-hybridized carbons (Fsp3) is 0.364. The van der Waals surface area contributed by atoms with Crippen molar-refractivity contribution in [2.45, 2.75) is 53.4 Å². The number of aryl methyl sites for hydroxylation is 4. The summed E-state index contributed by atoms with van der Waals surface area (Å²) in [4.78, 5) is 25.2. The zero-order valence-corrected chi connectivity index (χ0v) is 16.1. The zero-order chi connectivity index (χ0) is 19.0. The third-order valence-electron chi connectivity index (χ3n) is 5.03. The van der Waals surface area contributed by atoms with E-state index in [4.69, 9.17) is 0 Å². The van der Waals surface area contributed by atoms with E-state index in [1.807, 2.05) is 52.8 Å². The van der Waals surface area contributed by atoms with Crippen molar-refractivity contribution < 1.29 is 9.59 Å². The SMILES string of the molecule is CCC(=O)CC1C(=O)N(Nc2ccc(C)cc2C)c2c(C)cc(C)cc21. The van der Waals surface area contributed by atoms with E-state index < -0.39 is 5.92 Å². The number of hydrogen-bond donors (Lipinski definition) is 1. The minimum absolute atomic E-state index is 0.0597. The van der Waals surface area contributed by atoms with Crippen LogP contribution in [-0.4, -0.2) is 11.7 Å². The second-order valence-electron chi connectivity index (χ2n) is 7.27. The molecule has 1 heterocycles. The first kappa shape index (κ1) is 18.2. The van der Waals surface area contributed by atoms with Gasteiger partial charge in [-0.05, 0) is 50.5 Å². The van der Waals surface area contributed by atoms with Crippen LogP contribution < -0.4 is 10.4 Å². The molecule has 0 saturated heterocycles. The maximum absolute atomic E-state index is 13.2. The topological polar surface area (TPSA) is 49.4 Å². The Hall–Kier alpha value is -2.62. The highest BCUT2D eigenvalue weighted by atomic mass is 16.2. The molecule has 0 bridgehead atoms. The van der Waals surface area contributed by atoms with Crippen molar-refractivity contribution in [1.29, 1.82) is 0 Å². The van der Waals surface area contributed by atoms with Crippen LogP contribution in [0.5, 0.6) is 0 Å². The number of carbonyl (C=O) groups excluding carboxylic acids is 2. The normalized spacial score (nSPS) is 16.0. The van der Waals surface area contributed by atoms with Crippen LogP contribution in [0.1, 0.15) is 53.5 Å². The Balaban J connectivity index is 2.04. The van der Waals surface area contributed by atoms with Gasteiger partial charge >= 0.3 is 0 Å². The molecule has 1 atom stereocenters. The number of amides is 1. The molecule has 4 nitrogen and oxygen atoms in total. The highest BCUT2D eigenvalue weighted by Gasteiger charge is 2.39. The molecule has 0 saturated carbocycles. The molecule has 1 unspecified atom stereocenters. The van der Waals surface area contributed by atoms with Crippen LogP contribution in [0.4, 0.5) is 11.4 Å². The number of carbonyl (C=O) groups is 2. The lowest BCUT2D eigenvalue weighted by Gasteiger charge is -2.23. The summed E-state index contributed by atoms with van der Waals surface area (Å²) in [5.74, 6) is -0.355. The molecule has 4 heteroatoms. The Morgan fingerprint density at radius 2 is 1.73 bits per heavy atom. The second-order valence-corrected chi connectivity index (χ2v) is 7.27. The number of hydrogen-bond acceptors (Lipinski definition) is 3. The van der Waals surface area contributed by atoms with E-state index in [0.717, 1.165) is 33.6 Å². The molecule has 0 radical (unpaired) electrons. The van der Waals surface area contributed by atoms with Gasteiger partial charge in [0, 0.05) is 12.8 Å². The summed E-state index contributed by atoms with van der Waals surface area (Å²) in [7, 11) is 0. The van der Waals surface area contributed by atoms with Gasteiger partial charge in [0.05, 0.1) is 17.3 Å². The van der Waals surface area contributed by atoms with Gasteiger partial charge in [-0.3, -0.25) is 15.0 Å². The predicted molar refractivity (Wildman–Crippen MR) is 106 cm³/mol. The van der Waals surface area contributed by atoms with Gasteiger partial charge in [-0.1, -0.05) is 42.3 Å². The van der Waals surface area contributed by atoms with Gasteiger partial charge in [0.25, 0.3) is 5.91 Å². The molecule has 1 aliphatic heterocycles. The van der Waals surface area contributed by atoms with Gasteiger partial charge in [0.2, 0.25) is 0 Å². The number of ketones is 1. The summed E-state index contributed by atoms with van der Waals surface area (Å²) in [5.41, 5.74) is 10.4. The van der Waals surface area contributed by atoms with Gasteiger partial charge in [-0.25, -0.2) is 5.01 Å². The average molecular weight is 350 g/mol. The highest BCUT2D eigenvalue weighted by Crippen LogP contribution is 2.42. The summed E-state index contributed by atoms with van der Waals surface area (Å²) in [5, 5.41) is 1.63. The summed E-state index contributed by atoms with van der Waals surface area (Å²) in [6.07, 6.45) is 0.713. The fourth-order valence-corrected chi connectivity index (χ4v) is 3.70. The second kappa shape index (κ2) is 6.94. The third kappa shape index (κ3) is 3.24. The van der Waals surface area contributed by atoms with Crippen LogP contribution in [0.3, 0.4) is 0 Å². The molecule has 0 spiro atoms. The molecular formula is C22H26N2O2. The van der Waals surface area contributed by atoms with E-state index in [-0.39, 0.29) is 18.1 Å². The van der Waals surface area contributed by atoms with E-state index in [1.54, 1.807) is 5.01 Å². The summed E-state index contributed by atoms with van der Waals surface area (Å²) in [6.45, 7) is 9.95. The maximum Gasteiger partial charge on any atom is 0.253 e. The lowest BCUT2D eigenvalue weighted by atomic mass is 9.92. The van der Waals surface area contributed by atoms with Gasteiger partial charge in [-0.15, -0.1) is 0 Å². The van der Waals surface area contributed by atoms with Crippen LogP contribution in [0.2, 0.25) is 0 Å². The first-order valence-electron chi connectivity index (χ1n) is 9.12. The monoisotopic (exact) mass is 350 g/mol. The number of anilines is 2. The summed E-state index contributed by atoms with van der Waals surface area (Å²) < 4.78 is 0. The average Bonchev–Trinajstić information content (AvgIpc) is 2.82. The van der Waals surface area contributed by atoms with Gasteiger partial charge in [-0.2, -0.15) is 0 Å². The van der Waals surface area contributed by atoms with E-state index in [2.05, 4.69) is 17.6 Å². The molecule has 0 fully saturated rings. The Morgan fingerprint density at radius 3 is 2.38 bits per heavy atom. The van der Waals surface area contributed by atoms with Crippen molar-refractivity contribution in [2.24, 2.45) is 0 Å². The first-order chi connectivity index (χ1) is 12.3. The minimum atomic E-state index is -0.408. The molecule has 2 aromatic carbocycles. The maximum atomic E-state index is 13.2. The Bertz CT molecular complexity index is 886. The molecule has 3 rings (SSSR count). The Kier molecular flexibility index (Phi) is 4.86. The van der Waals surface area contributed by atoms with Crippen molar-refractivity contribution in [3.63, 3.8) is 0 Å². The Morgan fingerprint density at radius 1 is 1.04 bits per heavy atom. The molecule has 1 aliphatic rings. The zero-order valence-electron chi connectivity index (χ0n) is 16.1. The number of fused-ring (bicyclic) bond motifs is 1. The number of rotatable bonds is 5. The lowest BCUT2D eigenvalue weighted by molar-refractivity contribution is -0.124. The van der Waals surface area contributed by atoms with Crippen molar-refractivity contribution in [3.05, 3.63) is 58.1 Å². The van der Waals surface area contributed by atoms with Crippen LogP contribution in [0.15, 0.2) is 30.3 Å². The first-order valence-corrected chi connectivity index (χ1v) is 9.12. The minimum Gasteiger partial charge on any atom is -0.300 e. The molecule has 136 valence electrons. The van der Waals surface area contributed by atoms with Crippen LogP contribution in [-0.2, 0) is 9.59 Å². The number of benzene rings is 2. The molecule has 2 aromatic rings. The molecule has 0 aliphatic carbocycles. The molecule has 1 N–H and O–H groups in total. The van der Waals surface area contributed by atoms with Crippen LogP contribution in [0, 0.1) is 27.7 Å². The van der Waals surface area contributed by atoms with Crippen LogP contribution in [0.25, 0.3) is 0 Å². The quantitative estimate of drug-likeness (QED) is 0.847. The van der Waals surface area contributed by atoms with Gasteiger partial charge in [0.15, 0.2) is 0 Å².